The van der Waals surface area contributed by atoms with Crippen LogP contribution in [0.3, 0.4) is 0 Å². The number of aromatic nitrogens is 4. The van der Waals surface area contributed by atoms with E-state index in [1.165, 1.54) is 39.0 Å². The average Bonchev–Trinajstić information content (AvgIpc) is 3.41. The van der Waals surface area contributed by atoms with Gasteiger partial charge in [0.1, 0.15) is 0 Å². The fourth-order valence-electron chi connectivity index (χ4n) is 4.95. The van der Waals surface area contributed by atoms with Crippen molar-refractivity contribution in [1.82, 2.24) is 19.9 Å². The Bertz CT molecular complexity index is 1380. The van der Waals surface area contributed by atoms with Gasteiger partial charge in [-0.15, -0.1) is 0 Å². The molecular formula is C26H28N4. The highest BCUT2D eigenvalue weighted by molar-refractivity contribution is 5.86. The topological polar surface area (TPSA) is 57.4 Å². The van der Waals surface area contributed by atoms with Crippen molar-refractivity contribution < 1.29 is 0 Å². The maximum absolute atomic E-state index is 5.03. The summed E-state index contributed by atoms with van der Waals surface area (Å²) < 4.78 is 0. The molecule has 8 bridgehead atoms. The van der Waals surface area contributed by atoms with Gasteiger partial charge in [0, 0.05) is 39.4 Å². The lowest BCUT2D eigenvalue weighted by Gasteiger charge is -2.03. The number of nitrogens with one attached hydrogen (secondary N) is 2. The van der Waals surface area contributed by atoms with Crippen LogP contribution in [-0.2, 0) is 6.42 Å². The smallest absolute Gasteiger partial charge is 0.0716 e. The van der Waals surface area contributed by atoms with Crippen molar-refractivity contribution in [2.24, 2.45) is 0 Å². The second-order valence-corrected chi connectivity index (χ2v) is 8.91. The standard InChI is InChI=1S/C26H28N4/c1-13-7-19-11-20-9-15(3)25(29-20)18(6)26-16(4)10-22(30-26)12-21-8-14(2)24(28-21)17(5)23(13)27-19/h7-9,11-12,16,28-29H,10H2,1-6H3. The summed E-state index contributed by atoms with van der Waals surface area (Å²) in [6, 6.07) is 8.75. The molecule has 1 atom stereocenters. The molecule has 0 amide bonds. The van der Waals surface area contributed by atoms with Gasteiger partial charge in [0.25, 0.3) is 0 Å². The lowest BCUT2D eigenvalue weighted by molar-refractivity contribution is 0.790. The molecule has 2 aliphatic rings. The lowest BCUT2D eigenvalue weighted by Crippen LogP contribution is -1.93. The summed E-state index contributed by atoms with van der Waals surface area (Å²) in [7, 11) is 0. The highest BCUT2D eigenvalue weighted by atomic mass is 14.8. The van der Waals surface area contributed by atoms with Gasteiger partial charge < -0.3 is 9.97 Å². The summed E-state index contributed by atoms with van der Waals surface area (Å²) in [5.41, 5.74) is 14.9. The first-order valence-corrected chi connectivity index (χ1v) is 10.7. The van der Waals surface area contributed by atoms with E-state index >= 15 is 0 Å². The van der Waals surface area contributed by atoms with E-state index in [9.17, 15) is 0 Å². The monoisotopic (exact) mass is 396 g/mol. The summed E-state index contributed by atoms with van der Waals surface area (Å²) in [6.07, 6.45) is 3.13. The van der Waals surface area contributed by atoms with Crippen molar-refractivity contribution in [3.8, 4) is 0 Å². The molecule has 4 nitrogen and oxygen atoms in total. The number of nitrogens with zero attached hydrogens (tertiary/aromatic N) is 2. The highest BCUT2D eigenvalue weighted by Gasteiger charge is 2.19. The van der Waals surface area contributed by atoms with E-state index in [0.717, 1.165) is 40.1 Å². The Morgan fingerprint density at radius 2 is 1.43 bits per heavy atom. The molecule has 0 aliphatic carbocycles. The minimum absolute atomic E-state index is 0.410. The molecule has 152 valence electrons. The van der Waals surface area contributed by atoms with Gasteiger partial charge in [-0.05, 0) is 99.2 Å². The minimum atomic E-state index is 0.410. The predicted octanol–water partition coefficient (Wildman–Crippen LogP) is 6.46. The van der Waals surface area contributed by atoms with E-state index in [4.69, 9.17) is 9.97 Å². The molecule has 0 fully saturated rings. The van der Waals surface area contributed by atoms with Crippen LogP contribution in [-0.4, -0.2) is 19.9 Å². The number of hydrogen-bond donors (Lipinski definition) is 2. The maximum Gasteiger partial charge on any atom is 0.0716 e. The molecule has 5 heterocycles. The van der Waals surface area contributed by atoms with Gasteiger partial charge in [-0.25, -0.2) is 4.98 Å². The van der Waals surface area contributed by atoms with E-state index in [1.807, 2.05) is 0 Å². The van der Waals surface area contributed by atoms with Crippen molar-refractivity contribution in [3.05, 3.63) is 69.3 Å². The zero-order chi connectivity index (χ0) is 21.2. The van der Waals surface area contributed by atoms with Crippen LogP contribution < -0.4 is 0 Å². The molecule has 3 aromatic rings. The largest absolute Gasteiger partial charge is 0.355 e. The average molecular weight is 397 g/mol. The Hall–Kier alpha value is -3.14. The van der Waals surface area contributed by atoms with Crippen LogP contribution in [0.4, 0.5) is 0 Å². The van der Waals surface area contributed by atoms with E-state index in [0.29, 0.717) is 5.92 Å². The maximum atomic E-state index is 5.03. The molecule has 2 aliphatic heterocycles. The molecule has 4 heteroatoms. The zero-order valence-corrected chi connectivity index (χ0v) is 18.6. The molecule has 3 aromatic heterocycles. The predicted molar refractivity (Wildman–Crippen MR) is 126 cm³/mol. The van der Waals surface area contributed by atoms with Crippen molar-refractivity contribution in [1.29, 1.82) is 0 Å². The van der Waals surface area contributed by atoms with Crippen molar-refractivity contribution >= 4 is 33.7 Å². The Balaban J connectivity index is 1.95. The molecule has 2 N–H and O–H groups in total. The number of aromatic amines is 2. The first-order valence-electron chi connectivity index (χ1n) is 10.7. The fraction of sp³-hybridized carbons (Fsp3) is 0.308. The van der Waals surface area contributed by atoms with Crippen LogP contribution in [0, 0.1) is 27.7 Å². The van der Waals surface area contributed by atoms with E-state index in [-0.39, 0.29) is 0 Å². The summed E-state index contributed by atoms with van der Waals surface area (Å²) in [5, 5.41) is 0. The third-order valence-corrected chi connectivity index (χ3v) is 6.41. The first kappa shape index (κ1) is 18.9. The Labute approximate surface area is 177 Å². The van der Waals surface area contributed by atoms with Gasteiger partial charge in [0.05, 0.1) is 11.4 Å². The van der Waals surface area contributed by atoms with Gasteiger partial charge in [-0.3, -0.25) is 4.98 Å². The molecule has 0 spiro atoms. The third kappa shape index (κ3) is 2.98. The van der Waals surface area contributed by atoms with Gasteiger partial charge in [0.2, 0.25) is 0 Å². The summed E-state index contributed by atoms with van der Waals surface area (Å²) >= 11 is 0. The van der Waals surface area contributed by atoms with Crippen LogP contribution >= 0.6 is 0 Å². The Kier molecular flexibility index (Phi) is 4.21. The second kappa shape index (κ2) is 6.69. The number of fused-ring (bicyclic) bond motifs is 8. The zero-order valence-electron chi connectivity index (χ0n) is 18.6. The van der Waals surface area contributed by atoms with Crippen molar-refractivity contribution in [2.75, 3.05) is 0 Å². The lowest BCUT2D eigenvalue weighted by atomic mass is 10.0. The normalized spacial score (nSPS) is 16.1. The van der Waals surface area contributed by atoms with Crippen molar-refractivity contribution in [3.63, 3.8) is 0 Å². The molecule has 5 rings (SSSR count). The quantitative estimate of drug-likeness (QED) is 0.458. The van der Waals surface area contributed by atoms with Crippen LogP contribution in [0.25, 0.3) is 33.7 Å². The fourth-order valence-corrected chi connectivity index (χ4v) is 4.95. The number of allylic oxidation sites excluding steroid dienone is 1. The van der Waals surface area contributed by atoms with Gasteiger partial charge in [0.15, 0.2) is 0 Å². The van der Waals surface area contributed by atoms with E-state index in [2.05, 4.69) is 81.9 Å². The SMILES string of the molecule is CC1=Cc2cc3cc(C)c([nH]3)c(C)c3nc(cc4cc(C)c([nH]4)c(C)c1n2)CC3C. The van der Waals surface area contributed by atoms with Crippen molar-refractivity contribution in [2.45, 2.75) is 53.9 Å². The van der Waals surface area contributed by atoms with Gasteiger partial charge >= 0.3 is 0 Å². The van der Waals surface area contributed by atoms with Crippen LogP contribution in [0.5, 0.6) is 0 Å². The summed E-state index contributed by atoms with van der Waals surface area (Å²) in [6.45, 7) is 13.1. The van der Waals surface area contributed by atoms with Crippen LogP contribution in [0.15, 0.2) is 24.3 Å². The van der Waals surface area contributed by atoms with Gasteiger partial charge in [-0.2, -0.15) is 0 Å². The van der Waals surface area contributed by atoms with Gasteiger partial charge in [-0.1, -0.05) is 6.92 Å². The number of rotatable bonds is 0. The summed E-state index contributed by atoms with van der Waals surface area (Å²) in [4.78, 5) is 17.2. The Morgan fingerprint density at radius 1 is 0.800 bits per heavy atom. The summed E-state index contributed by atoms with van der Waals surface area (Å²) in [5.74, 6) is 0.410. The number of aryl methyl sites for hydroxylation is 4. The molecule has 0 radical (unpaired) electrons. The molecule has 30 heavy (non-hydrogen) atoms. The van der Waals surface area contributed by atoms with E-state index in [1.54, 1.807) is 0 Å². The highest BCUT2D eigenvalue weighted by Crippen LogP contribution is 2.30. The van der Waals surface area contributed by atoms with E-state index < -0.39 is 0 Å². The Morgan fingerprint density at radius 3 is 2.13 bits per heavy atom. The molecule has 0 saturated carbocycles. The number of H-pyrrole nitrogens is 2. The third-order valence-electron chi connectivity index (χ3n) is 6.41. The molecule has 0 saturated heterocycles. The number of hydrogen-bond acceptors (Lipinski definition) is 2. The minimum Gasteiger partial charge on any atom is -0.355 e. The molecule has 0 aromatic carbocycles. The second-order valence-electron chi connectivity index (χ2n) is 8.91. The first-order chi connectivity index (χ1) is 14.3. The molecular weight excluding hydrogens is 368 g/mol. The van der Waals surface area contributed by atoms with Crippen LogP contribution in [0.1, 0.15) is 64.8 Å². The van der Waals surface area contributed by atoms with Crippen LogP contribution in [0.2, 0.25) is 0 Å². The molecule has 1 unspecified atom stereocenters.